The van der Waals surface area contributed by atoms with Crippen LogP contribution in [-0.2, 0) is 0 Å². The van der Waals surface area contributed by atoms with E-state index in [2.05, 4.69) is 5.16 Å². The third-order valence-corrected chi connectivity index (χ3v) is 2.36. The Morgan fingerprint density at radius 3 is 2.80 bits per heavy atom. The predicted molar refractivity (Wildman–Crippen MR) is 56.2 cm³/mol. The fourth-order valence-corrected chi connectivity index (χ4v) is 1.61. The first-order valence-electron chi connectivity index (χ1n) is 4.59. The number of aromatic nitrogens is 2. The van der Waals surface area contributed by atoms with E-state index >= 15 is 0 Å². The lowest BCUT2D eigenvalue weighted by Gasteiger charge is -2.00. The van der Waals surface area contributed by atoms with Gasteiger partial charge in [-0.25, -0.2) is 0 Å². The van der Waals surface area contributed by atoms with Crippen molar-refractivity contribution in [3.8, 4) is 5.69 Å². The van der Waals surface area contributed by atoms with E-state index in [1.165, 1.54) is 0 Å². The number of H-pyrrole nitrogens is 1. The highest BCUT2D eigenvalue weighted by atomic mass is 16.5. The molecule has 0 fully saturated rings. The minimum absolute atomic E-state index is 0.195. The molecule has 1 aromatic carbocycles. The van der Waals surface area contributed by atoms with Gasteiger partial charge in [-0.15, -0.1) is 0 Å². The Bertz CT molecular complexity index is 647. The fraction of sp³-hybridized carbons (Fsp3) is 0. The minimum atomic E-state index is -0.195. The molecule has 4 heteroatoms. The van der Waals surface area contributed by atoms with E-state index in [0.717, 1.165) is 5.69 Å². The Morgan fingerprint density at radius 2 is 2.00 bits per heavy atom. The molecule has 1 N–H and O–H groups in total. The molecule has 3 aromatic rings. The number of rotatable bonds is 1. The van der Waals surface area contributed by atoms with Crippen LogP contribution in [0.4, 0.5) is 0 Å². The molecule has 0 saturated heterocycles. The first-order valence-corrected chi connectivity index (χ1v) is 4.59. The second-order valence-corrected chi connectivity index (χ2v) is 3.30. The van der Waals surface area contributed by atoms with Crippen molar-refractivity contribution in [2.75, 3.05) is 0 Å². The van der Waals surface area contributed by atoms with Gasteiger partial charge in [0.25, 0.3) is 5.56 Å². The number of aromatic amines is 1. The molecule has 74 valence electrons. The summed E-state index contributed by atoms with van der Waals surface area (Å²) >= 11 is 0. The molecule has 2 heterocycles. The number of hydrogen-bond acceptors (Lipinski definition) is 2. The maximum Gasteiger partial charge on any atom is 0.287 e. The van der Waals surface area contributed by atoms with Crippen LogP contribution in [0, 0.1) is 0 Å². The molecular weight excluding hydrogens is 192 g/mol. The first kappa shape index (κ1) is 8.11. The van der Waals surface area contributed by atoms with Crippen LogP contribution in [0.15, 0.2) is 52.0 Å². The molecule has 0 aliphatic rings. The normalized spacial score (nSPS) is 10.9. The maximum absolute atomic E-state index is 11.3. The molecule has 0 atom stereocenters. The van der Waals surface area contributed by atoms with Crippen LogP contribution in [0.25, 0.3) is 16.7 Å². The molecule has 3 rings (SSSR count). The molecule has 0 saturated carbocycles. The quantitative estimate of drug-likeness (QED) is 0.652. The zero-order chi connectivity index (χ0) is 10.3. The zero-order valence-electron chi connectivity index (χ0n) is 7.81. The minimum Gasteiger partial charge on any atom is -0.378 e. The third-order valence-electron chi connectivity index (χ3n) is 2.36. The second-order valence-electron chi connectivity index (χ2n) is 3.30. The van der Waals surface area contributed by atoms with Crippen molar-refractivity contribution in [2.24, 2.45) is 0 Å². The van der Waals surface area contributed by atoms with Crippen molar-refractivity contribution in [3.63, 3.8) is 0 Å². The van der Waals surface area contributed by atoms with E-state index in [-0.39, 0.29) is 5.56 Å². The van der Waals surface area contributed by atoms with Gasteiger partial charge in [0.1, 0.15) is 0 Å². The van der Waals surface area contributed by atoms with Crippen molar-refractivity contribution in [1.82, 2.24) is 9.72 Å². The van der Waals surface area contributed by atoms with Crippen LogP contribution in [0.5, 0.6) is 0 Å². The summed E-state index contributed by atoms with van der Waals surface area (Å²) in [5.74, 6) is 0. The van der Waals surface area contributed by atoms with Gasteiger partial charge in [0.2, 0.25) is 0 Å². The monoisotopic (exact) mass is 200 g/mol. The van der Waals surface area contributed by atoms with Gasteiger partial charge in [-0.2, -0.15) is 5.16 Å². The number of benzene rings is 1. The maximum atomic E-state index is 11.3. The SMILES string of the molecule is O=c1[nH]oc2ccc(-n3cccc3)cc12. The Hall–Kier alpha value is -2.23. The predicted octanol–water partition coefficient (Wildman–Crippen LogP) is 1.91. The molecule has 2 aromatic heterocycles. The van der Waals surface area contributed by atoms with Crippen molar-refractivity contribution in [3.05, 3.63) is 53.1 Å². The molecule has 0 unspecified atom stereocenters. The highest BCUT2D eigenvalue weighted by molar-refractivity contribution is 5.78. The highest BCUT2D eigenvalue weighted by Gasteiger charge is 2.04. The van der Waals surface area contributed by atoms with Gasteiger partial charge in [0.05, 0.1) is 5.39 Å². The van der Waals surface area contributed by atoms with E-state index in [1.54, 1.807) is 12.1 Å². The van der Waals surface area contributed by atoms with Gasteiger partial charge in [-0.05, 0) is 30.3 Å². The van der Waals surface area contributed by atoms with Gasteiger partial charge in [-0.1, -0.05) is 0 Å². The van der Waals surface area contributed by atoms with Crippen molar-refractivity contribution in [1.29, 1.82) is 0 Å². The van der Waals surface area contributed by atoms with Crippen LogP contribution < -0.4 is 5.56 Å². The molecule has 4 nitrogen and oxygen atoms in total. The number of nitrogens with one attached hydrogen (secondary N) is 1. The summed E-state index contributed by atoms with van der Waals surface area (Å²) in [6.45, 7) is 0. The van der Waals surface area contributed by atoms with Crippen LogP contribution in [-0.4, -0.2) is 9.72 Å². The average molecular weight is 200 g/mol. The number of hydrogen-bond donors (Lipinski definition) is 1. The van der Waals surface area contributed by atoms with E-state index in [1.807, 2.05) is 35.2 Å². The summed E-state index contributed by atoms with van der Waals surface area (Å²) in [6, 6.07) is 9.35. The van der Waals surface area contributed by atoms with Gasteiger partial charge >= 0.3 is 0 Å². The molecule has 0 spiro atoms. The lowest BCUT2D eigenvalue weighted by atomic mass is 10.2. The second kappa shape index (κ2) is 2.88. The zero-order valence-corrected chi connectivity index (χ0v) is 7.81. The average Bonchev–Trinajstić information content (AvgIpc) is 2.88. The van der Waals surface area contributed by atoms with Crippen LogP contribution >= 0.6 is 0 Å². The lowest BCUT2D eigenvalue weighted by Crippen LogP contribution is -1.97. The summed E-state index contributed by atoms with van der Waals surface area (Å²) < 4.78 is 6.91. The third kappa shape index (κ3) is 1.19. The Morgan fingerprint density at radius 1 is 1.20 bits per heavy atom. The van der Waals surface area contributed by atoms with Crippen LogP contribution in [0.1, 0.15) is 0 Å². The summed E-state index contributed by atoms with van der Waals surface area (Å²) in [5.41, 5.74) is 1.33. The van der Waals surface area contributed by atoms with Gasteiger partial charge < -0.3 is 9.09 Å². The van der Waals surface area contributed by atoms with Gasteiger partial charge in [0.15, 0.2) is 5.58 Å². The lowest BCUT2D eigenvalue weighted by molar-refractivity contribution is 0.449. The van der Waals surface area contributed by atoms with Gasteiger partial charge in [0, 0.05) is 18.1 Å². The largest absolute Gasteiger partial charge is 0.378 e. The molecule has 15 heavy (non-hydrogen) atoms. The molecule has 0 bridgehead atoms. The summed E-state index contributed by atoms with van der Waals surface area (Å²) in [5, 5.41) is 2.88. The van der Waals surface area contributed by atoms with E-state index in [9.17, 15) is 4.79 Å². The standard InChI is InChI=1S/C11H8N2O2/c14-11-9-7-8(13-5-1-2-6-13)3-4-10(9)15-12-11/h1-7H,(H,12,14). The molecule has 0 aliphatic heterocycles. The molecular formula is C11H8N2O2. The first-order chi connectivity index (χ1) is 7.34. The van der Waals surface area contributed by atoms with E-state index < -0.39 is 0 Å². The van der Waals surface area contributed by atoms with Gasteiger partial charge in [-0.3, -0.25) is 4.79 Å². The van der Waals surface area contributed by atoms with Crippen LogP contribution in [0.3, 0.4) is 0 Å². The Kier molecular flexibility index (Phi) is 1.56. The number of fused-ring (bicyclic) bond motifs is 1. The van der Waals surface area contributed by atoms with E-state index in [4.69, 9.17) is 4.52 Å². The Labute approximate surface area is 84.7 Å². The Balaban J connectivity index is 2.30. The molecule has 0 amide bonds. The van der Waals surface area contributed by atoms with Crippen molar-refractivity contribution >= 4 is 11.0 Å². The van der Waals surface area contributed by atoms with Crippen molar-refractivity contribution < 1.29 is 4.52 Å². The summed E-state index contributed by atoms with van der Waals surface area (Å²) in [4.78, 5) is 11.3. The summed E-state index contributed by atoms with van der Waals surface area (Å²) in [7, 11) is 0. The smallest absolute Gasteiger partial charge is 0.287 e. The van der Waals surface area contributed by atoms with Crippen LogP contribution in [0.2, 0.25) is 0 Å². The number of nitrogens with zero attached hydrogens (tertiary/aromatic N) is 1. The fourth-order valence-electron chi connectivity index (χ4n) is 1.61. The highest BCUT2D eigenvalue weighted by Crippen LogP contribution is 2.15. The topological polar surface area (TPSA) is 50.9 Å². The van der Waals surface area contributed by atoms with Crippen molar-refractivity contribution in [2.45, 2.75) is 0 Å². The summed E-state index contributed by atoms with van der Waals surface area (Å²) in [6.07, 6.45) is 3.85. The van der Waals surface area contributed by atoms with E-state index in [0.29, 0.717) is 11.0 Å². The molecule has 0 radical (unpaired) electrons. The molecule has 0 aliphatic carbocycles.